The van der Waals surface area contributed by atoms with Gasteiger partial charge in [-0.15, -0.1) is 11.3 Å². The fraction of sp³-hybridized carbons (Fsp3) is 0.480. The van der Waals surface area contributed by atoms with Crippen LogP contribution in [0.1, 0.15) is 28.9 Å². The first-order valence-electron chi connectivity index (χ1n) is 12.2. The molecule has 4 rings (SSSR count). The number of nitrogens with zero attached hydrogens (tertiary/aromatic N) is 2. The Bertz CT molecular complexity index is 1160. The van der Waals surface area contributed by atoms with E-state index in [4.69, 9.17) is 21.1 Å². The van der Waals surface area contributed by atoms with Gasteiger partial charge in [0.2, 0.25) is 5.91 Å². The number of benzene rings is 1. The lowest BCUT2D eigenvalue weighted by molar-refractivity contribution is -0.125. The molecule has 2 aliphatic rings. The number of halogens is 3. The van der Waals surface area contributed by atoms with Crippen LogP contribution in [0.15, 0.2) is 30.3 Å². The smallest absolute Gasteiger partial charge is 0.387 e. The molecule has 1 aromatic carbocycles. The first-order valence-corrected chi connectivity index (χ1v) is 13.4. The molecule has 2 aromatic rings. The maximum Gasteiger partial charge on any atom is 0.387 e. The van der Waals surface area contributed by atoms with Gasteiger partial charge < -0.3 is 25.0 Å². The number of carbonyl (C=O) groups is 3. The first kappa shape index (κ1) is 28.2. The van der Waals surface area contributed by atoms with E-state index in [1.54, 1.807) is 25.2 Å². The average Bonchev–Trinajstić information content (AvgIpc) is 3.29. The van der Waals surface area contributed by atoms with E-state index < -0.39 is 18.6 Å². The summed E-state index contributed by atoms with van der Waals surface area (Å²) in [6.45, 7) is -2.03. The number of carbonyl (C=O) groups excluding carboxylic acids is 3. The number of thiophene rings is 1. The van der Waals surface area contributed by atoms with E-state index in [0.717, 1.165) is 30.6 Å². The Morgan fingerprint density at radius 2 is 2.08 bits per heavy atom. The van der Waals surface area contributed by atoms with E-state index in [-0.39, 0.29) is 42.9 Å². The van der Waals surface area contributed by atoms with Crippen molar-refractivity contribution in [3.63, 3.8) is 0 Å². The highest BCUT2D eigenvalue weighted by Crippen LogP contribution is 2.33. The zero-order valence-electron chi connectivity index (χ0n) is 20.8. The molecule has 1 aliphatic heterocycles. The summed E-state index contributed by atoms with van der Waals surface area (Å²) in [5.74, 6) is -0.992. The van der Waals surface area contributed by atoms with Gasteiger partial charge in [0.15, 0.2) is 5.75 Å². The van der Waals surface area contributed by atoms with Gasteiger partial charge in [-0.3, -0.25) is 19.3 Å². The molecule has 0 radical (unpaired) electrons. The molecule has 1 atom stereocenters. The molecule has 1 saturated heterocycles. The third-order valence-electron chi connectivity index (χ3n) is 6.60. The third kappa shape index (κ3) is 7.19. The summed E-state index contributed by atoms with van der Waals surface area (Å²) >= 11 is 7.06. The second-order valence-corrected chi connectivity index (χ2v) is 10.9. The molecule has 1 saturated carbocycles. The quantitative estimate of drug-likeness (QED) is 0.426. The molecule has 2 fully saturated rings. The summed E-state index contributed by atoms with van der Waals surface area (Å²) in [6, 6.07) is 6.70. The van der Waals surface area contributed by atoms with E-state index in [0.29, 0.717) is 34.0 Å². The highest BCUT2D eigenvalue weighted by molar-refractivity contribution is 7.18. The molecular weight excluding hydrogens is 542 g/mol. The highest BCUT2D eigenvalue weighted by atomic mass is 35.5. The van der Waals surface area contributed by atoms with Crippen LogP contribution in [0.25, 0.3) is 0 Å². The van der Waals surface area contributed by atoms with Crippen molar-refractivity contribution in [2.24, 2.45) is 5.92 Å². The second-order valence-electron chi connectivity index (χ2n) is 9.21. The Hall–Kier alpha value is -2.80. The minimum Gasteiger partial charge on any atom is -0.433 e. The van der Waals surface area contributed by atoms with Crippen molar-refractivity contribution in [3.05, 3.63) is 39.5 Å². The largest absolute Gasteiger partial charge is 0.433 e. The molecular formula is C25H29ClF2N4O5S. The SMILES string of the molecule is CN(CC1CCC1)[C@@H](CNC(=O)c1ccc(Cl)s1)C(=O)Nc1ccc(N2CCOCC2=O)cc1OC(F)F. The molecule has 0 spiro atoms. The zero-order chi connectivity index (χ0) is 27.2. The number of anilines is 2. The standard InChI is InChI=1S/C25H29ClF2N4O5S/c1-31(13-15-3-2-4-15)18(12-29-24(35)20-7-8-21(26)38-20)23(34)30-17-6-5-16(11-19(17)37-25(27)28)32-9-10-36-14-22(32)33/h5-8,11,15,18,25H,2-4,9-10,12-14H2,1H3,(H,29,35)(H,30,34)/t18-/m0/s1. The fourth-order valence-corrected chi connectivity index (χ4v) is 5.31. The summed E-state index contributed by atoms with van der Waals surface area (Å²) in [7, 11) is 1.79. The van der Waals surface area contributed by atoms with Gasteiger partial charge in [0.25, 0.3) is 11.8 Å². The van der Waals surface area contributed by atoms with Crippen molar-refractivity contribution in [3.8, 4) is 5.75 Å². The predicted octanol–water partition coefficient (Wildman–Crippen LogP) is 3.84. The monoisotopic (exact) mass is 570 g/mol. The summed E-state index contributed by atoms with van der Waals surface area (Å²) in [5, 5.41) is 5.45. The van der Waals surface area contributed by atoms with Gasteiger partial charge in [0.1, 0.15) is 12.6 Å². The van der Waals surface area contributed by atoms with Crippen LogP contribution in [-0.4, -0.2) is 75.2 Å². The molecule has 38 heavy (non-hydrogen) atoms. The van der Waals surface area contributed by atoms with Crippen molar-refractivity contribution in [1.29, 1.82) is 0 Å². The van der Waals surface area contributed by atoms with Gasteiger partial charge in [-0.05, 0) is 50.1 Å². The van der Waals surface area contributed by atoms with Gasteiger partial charge in [-0.1, -0.05) is 18.0 Å². The molecule has 1 aliphatic carbocycles. The molecule has 13 heteroatoms. The Morgan fingerprint density at radius 1 is 1.29 bits per heavy atom. The number of amides is 3. The summed E-state index contributed by atoms with van der Waals surface area (Å²) in [5.41, 5.74) is 0.380. The van der Waals surface area contributed by atoms with Crippen LogP contribution in [0.3, 0.4) is 0 Å². The number of morpholine rings is 1. The molecule has 2 N–H and O–H groups in total. The first-order chi connectivity index (χ1) is 18.2. The lowest BCUT2D eigenvalue weighted by atomic mass is 9.85. The van der Waals surface area contributed by atoms with Gasteiger partial charge in [0, 0.05) is 31.4 Å². The molecule has 9 nitrogen and oxygen atoms in total. The van der Waals surface area contributed by atoms with Crippen LogP contribution in [0.4, 0.5) is 20.2 Å². The van der Waals surface area contributed by atoms with Crippen molar-refractivity contribution in [2.45, 2.75) is 31.9 Å². The van der Waals surface area contributed by atoms with E-state index in [2.05, 4.69) is 10.6 Å². The van der Waals surface area contributed by atoms with Gasteiger partial charge in [-0.2, -0.15) is 8.78 Å². The molecule has 1 aromatic heterocycles. The predicted molar refractivity (Wildman–Crippen MR) is 140 cm³/mol. The Morgan fingerprint density at radius 3 is 2.71 bits per heavy atom. The van der Waals surface area contributed by atoms with Crippen molar-refractivity contribution < 1.29 is 32.6 Å². The Kier molecular flexibility index (Phi) is 9.53. The average molecular weight is 571 g/mol. The van der Waals surface area contributed by atoms with Crippen LogP contribution in [0.2, 0.25) is 4.34 Å². The van der Waals surface area contributed by atoms with Crippen LogP contribution < -0.4 is 20.3 Å². The maximum absolute atomic E-state index is 13.4. The third-order valence-corrected chi connectivity index (χ3v) is 7.83. The molecule has 0 bridgehead atoms. The van der Waals surface area contributed by atoms with Gasteiger partial charge in [0.05, 0.1) is 21.5 Å². The number of likely N-dealkylation sites (N-methyl/N-ethyl adjacent to an activating group) is 1. The molecule has 2 heterocycles. The van der Waals surface area contributed by atoms with Crippen LogP contribution in [0.5, 0.6) is 5.75 Å². The fourth-order valence-electron chi connectivity index (χ4n) is 4.35. The Balaban J connectivity index is 1.51. The van der Waals surface area contributed by atoms with E-state index >= 15 is 0 Å². The number of rotatable bonds is 11. The number of alkyl halides is 2. The molecule has 0 unspecified atom stereocenters. The van der Waals surface area contributed by atoms with Crippen molar-refractivity contribution in [1.82, 2.24) is 10.2 Å². The van der Waals surface area contributed by atoms with E-state index in [1.807, 2.05) is 4.90 Å². The number of hydrogen-bond acceptors (Lipinski definition) is 7. The maximum atomic E-state index is 13.4. The summed E-state index contributed by atoms with van der Waals surface area (Å²) in [4.78, 5) is 41.9. The minimum absolute atomic E-state index is 0.00515. The number of ether oxygens (including phenoxy) is 2. The Labute approximate surface area is 228 Å². The zero-order valence-corrected chi connectivity index (χ0v) is 22.3. The lowest BCUT2D eigenvalue weighted by Gasteiger charge is -2.34. The van der Waals surface area contributed by atoms with Crippen LogP contribution in [-0.2, 0) is 14.3 Å². The molecule has 206 valence electrons. The topological polar surface area (TPSA) is 100 Å². The lowest BCUT2D eigenvalue weighted by Crippen LogP contribution is -2.51. The van der Waals surface area contributed by atoms with Gasteiger partial charge in [-0.25, -0.2) is 0 Å². The summed E-state index contributed by atoms with van der Waals surface area (Å²) < 4.78 is 36.8. The normalized spacial score (nSPS) is 16.9. The van der Waals surface area contributed by atoms with Crippen molar-refractivity contribution in [2.75, 3.05) is 50.1 Å². The van der Waals surface area contributed by atoms with E-state index in [1.165, 1.54) is 17.0 Å². The number of nitrogens with one attached hydrogen (secondary N) is 2. The molecule has 3 amide bonds. The number of hydrogen-bond donors (Lipinski definition) is 2. The van der Waals surface area contributed by atoms with Crippen LogP contribution in [0, 0.1) is 5.92 Å². The minimum atomic E-state index is -3.14. The van der Waals surface area contributed by atoms with Crippen molar-refractivity contribution >= 4 is 52.0 Å². The summed E-state index contributed by atoms with van der Waals surface area (Å²) in [6.07, 6.45) is 3.26. The van der Waals surface area contributed by atoms with Gasteiger partial charge >= 0.3 is 6.61 Å². The van der Waals surface area contributed by atoms with E-state index in [9.17, 15) is 23.2 Å². The van der Waals surface area contributed by atoms with Crippen LogP contribution >= 0.6 is 22.9 Å². The highest BCUT2D eigenvalue weighted by Gasteiger charge is 2.30. The second kappa shape index (κ2) is 12.8.